The molecule has 1 N–H and O–H groups in total. The van der Waals surface area contributed by atoms with Gasteiger partial charge >= 0.3 is 0 Å². The van der Waals surface area contributed by atoms with Gasteiger partial charge in [0.05, 0.1) is 13.2 Å². The number of ether oxygens (including phenoxy) is 1. The maximum absolute atomic E-state index is 12.1. The molecule has 0 saturated carbocycles. The number of nitrogens with one attached hydrogen (secondary N) is 1. The molecule has 2 aromatic rings. The van der Waals surface area contributed by atoms with Crippen molar-refractivity contribution in [3.63, 3.8) is 0 Å². The van der Waals surface area contributed by atoms with Crippen molar-refractivity contribution in [1.82, 2.24) is 9.03 Å². The van der Waals surface area contributed by atoms with Crippen LogP contribution in [0.25, 0.3) is 0 Å². The van der Waals surface area contributed by atoms with Gasteiger partial charge in [0.15, 0.2) is 0 Å². The molecule has 0 heterocycles. The van der Waals surface area contributed by atoms with E-state index in [2.05, 4.69) is 4.72 Å². The third kappa shape index (κ3) is 6.88. The molecule has 0 aliphatic rings. The fraction of sp³-hybridized carbons (Fsp3) is 0.400. The second-order valence-electron chi connectivity index (χ2n) is 6.30. The lowest BCUT2D eigenvalue weighted by atomic mass is 10.1. The average Bonchev–Trinajstić information content (AvgIpc) is 2.66. The van der Waals surface area contributed by atoms with Gasteiger partial charge in [-0.25, -0.2) is 0 Å². The Morgan fingerprint density at radius 3 is 2.12 bits per heavy atom. The van der Waals surface area contributed by atoms with Crippen molar-refractivity contribution in [3.05, 3.63) is 71.3 Å². The molecule has 26 heavy (non-hydrogen) atoms. The summed E-state index contributed by atoms with van der Waals surface area (Å²) in [7, 11) is -1.82. The van der Waals surface area contributed by atoms with E-state index in [1.807, 2.05) is 61.5 Å². The quantitative estimate of drug-likeness (QED) is 0.653. The first-order valence-corrected chi connectivity index (χ1v) is 10.4. The Kier molecular flexibility index (Phi) is 8.25. The second kappa shape index (κ2) is 10.4. The molecule has 0 aliphatic heterocycles. The molecule has 0 fully saturated rings. The third-order valence-electron chi connectivity index (χ3n) is 4.10. The molecule has 0 bridgehead atoms. The minimum Gasteiger partial charge on any atom is -0.372 e. The zero-order valence-electron chi connectivity index (χ0n) is 15.5. The third-order valence-corrected chi connectivity index (χ3v) is 5.61. The average molecular weight is 377 g/mol. The number of nitrogens with zero attached hydrogens (tertiary/aromatic N) is 1. The van der Waals surface area contributed by atoms with Crippen LogP contribution in [0, 0.1) is 0 Å². The highest BCUT2D eigenvalue weighted by Crippen LogP contribution is 2.09. The SMILES string of the molecule is CCCCN(C)S(=O)(=O)NCc1ccc(COCc2ccccc2)cc1. The monoisotopic (exact) mass is 376 g/mol. The van der Waals surface area contributed by atoms with Crippen molar-refractivity contribution in [3.8, 4) is 0 Å². The molecule has 0 saturated heterocycles. The first-order valence-electron chi connectivity index (χ1n) is 8.91. The van der Waals surface area contributed by atoms with Crippen LogP contribution < -0.4 is 4.72 Å². The Balaban J connectivity index is 1.78. The zero-order valence-corrected chi connectivity index (χ0v) is 16.3. The van der Waals surface area contributed by atoms with E-state index in [0.29, 0.717) is 19.8 Å². The maximum Gasteiger partial charge on any atom is 0.279 e. The van der Waals surface area contributed by atoms with Gasteiger partial charge in [0.1, 0.15) is 0 Å². The van der Waals surface area contributed by atoms with Crippen LogP contribution in [0.15, 0.2) is 54.6 Å². The van der Waals surface area contributed by atoms with Gasteiger partial charge in [-0.15, -0.1) is 0 Å². The summed E-state index contributed by atoms with van der Waals surface area (Å²) >= 11 is 0. The highest BCUT2D eigenvalue weighted by atomic mass is 32.2. The van der Waals surface area contributed by atoms with Crippen LogP contribution in [-0.4, -0.2) is 26.3 Å². The van der Waals surface area contributed by atoms with E-state index in [9.17, 15) is 8.42 Å². The van der Waals surface area contributed by atoms with Crippen molar-refractivity contribution < 1.29 is 13.2 Å². The van der Waals surface area contributed by atoms with E-state index in [1.165, 1.54) is 4.31 Å². The van der Waals surface area contributed by atoms with Crippen molar-refractivity contribution in [1.29, 1.82) is 0 Å². The molecule has 0 atom stereocenters. The first kappa shape index (κ1) is 20.6. The summed E-state index contributed by atoms with van der Waals surface area (Å²) in [6, 6.07) is 17.8. The molecule has 0 aliphatic carbocycles. The van der Waals surface area contributed by atoms with E-state index in [1.54, 1.807) is 7.05 Å². The van der Waals surface area contributed by atoms with E-state index < -0.39 is 10.2 Å². The van der Waals surface area contributed by atoms with Crippen LogP contribution in [0.3, 0.4) is 0 Å². The van der Waals surface area contributed by atoms with Crippen LogP contribution in [0.2, 0.25) is 0 Å². The molecule has 0 amide bonds. The molecular weight excluding hydrogens is 348 g/mol. The number of unbranched alkanes of at least 4 members (excludes halogenated alkanes) is 1. The van der Waals surface area contributed by atoms with Gasteiger partial charge < -0.3 is 4.74 Å². The number of rotatable bonds is 11. The van der Waals surface area contributed by atoms with Crippen molar-refractivity contribution in [2.45, 2.75) is 39.5 Å². The Morgan fingerprint density at radius 1 is 0.923 bits per heavy atom. The Labute approximate surface area is 157 Å². The van der Waals surface area contributed by atoms with Crippen molar-refractivity contribution in [2.75, 3.05) is 13.6 Å². The summed E-state index contributed by atoms with van der Waals surface area (Å²) in [5, 5.41) is 0. The standard InChI is InChI=1S/C20H28N2O3S/c1-3-4-14-22(2)26(23,24)21-15-18-10-12-20(13-11-18)17-25-16-19-8-6-5-7-9-19/h5-13,21H,3-4,14-17H2,1-2H3. The number of hydrogen-bond donors (Lipinski definition) is 1. The summed E-state index contributed by atoms with van der Waals surface area (Å²) < 4.78 is 34.0. The van der Waals surface area contributed by atoms with Gasteiger partial charge in [-0.1, -0.05) is 67.9 Å². The normalized spacial score (nSPS) is 11.8. The summed E-state index contributed by atoms with van der Waals surface area (Å²) in [4.78, 5) is 0. The molecule has 0 spiro atoms. The molecule has 0 radical (unpaired) electrons. The minimum atomic E-state index is -3.43. The van der Waals surface area contributed by atoms with Crippen LogP contribution in [0.4, 0.5) is 0 Å². The Hall–Kier alpha value is -1.73. The fourth-order valence-electron chi connectivity index (χ4n) is 2.40. The summed E-state index contributed by atoms with van der Waals surface area (Å²) in [6.45, 7) is 3.96. The van der Waals surface area contributed by atoms with E-state index in [-0.39, 0.29) is 6.54 Å². The van der Waals surface area contributed by atoms with Crippen molar-refractivity contribution in [2.24, 2.45) is 0 Å². The topological polar surface area (TPSA) is 58.6 Å². The lowest BCUT2D eigenvalue weighted by Crippen LogP contribution is -2.38. The van der Waals surface area contributed by atoms with E-state index >= 15 is 0 Å². The molecule has 2 rings (SSSR count). The van der Waals surface area contributed by atoms with Crippen LogP contribution in [0.1, 0.15) is 36.5 Å². The van der Waals surface area contributed by atoms with Gasteiger partial charge in [-0.2, -0.15) is 17.4 Å². The summed E-state index contributed by atoms with van der Waals surface area (Å²) in [5.41, 5.74) is 3.13. The molecule has 0 aromatic heterocycles. The predicted molar refractivity (Wildman–Crippen MR) is 105 cm³/mol. The molecule has 6 heteroatoms. The van der Waals surface area contributed by atoms with E-state index in [4.69, 9.17) is 4.74 Å². The van der Waals surface area contributed by atoms with Crippen LogP contribution in [0.5, 0.6) is 0 Å². The van der Waals surface area contributed by atoms with E-state index in [0.717, 1.165) is 29.5 Å². The molecule has 142 valence electrons. The first-order chi connectivity index (χ1) is 12.5. The summed E-state index contributed by atoms with van der Waals surface area (Å²) in [6.07, 6.45) is 1.82. The predicted octanol–water partition coefficient (Wildman–Crippen LogP) is 3.47. The minimum absolute atomic E-state index is 0.282. The smallest absolute Gasteiger partial charge is 0.279 e. The highest BCUT2D eigenvalue weighted by Gasteiger charge is 2.16. The Bertz CT molecular complexity index is 746. The molecular formula is C20H28N2O3S. The van der Waals surface area contributed by atoms with Gasteiger partial charge in [0.2, 0.25) is 0 Å². The lowest BCUT2D eigenvalue weighted by molar-refractivity contribution is 0.107. The van der Waals surface area contributed by atoms with Crippen LogP contribution in [-0.2, 0) is 34.7 Å². The number of hydrogen-bond acceptors (Lipinski definition) is 3. The van der Waals surface area contributed by atoms with Gasteiger partial charge in [-0.05, 0) is 23.1 Å². The molecule has 2 aromatic carbocycles. The maximum atomic E-state index is 12.1. The highest BCUT2D eigenvalue weighted by molar-refractivity contribution is 7.87. The summed E-state index contributed by atoms with van der Waals surface area (Å²) in [5.74, 6) is 0. The lowest BCUT2D eigenvalue weighted by Gasteiger charge is -2.17. The largest absolute Gasteiger partial charge is 0.372 e. The van der Waals surface area contributed by atoms with Crippen LogP contribution >= 0.6 is 0 Å². The zero-order chi connectivity index (χ0) is 18.8. The van der Waals surface area contributed by atoms with Gasteiger partial charge in [0, 0.05) is 20.1 Å². The molecule has 5 nitrogen and oxygen atoms in total. The van der Waals surface area contributed by atoms with Crippen molar-refractivity contribution >= 4 is 10.2 Å². The number of benzene rings is 2. The Morgan fingerprint density at radius 2 is 1.50 bits per heavy atom. The van der Waals surface area contributed by atoms with Gasteiger partial charge in [-0.3, -0.25) is 0 Å². The second-order valence-corrected chi connectivity index (χ2v) is 8.16. The molecule has 0 unspecified atom stereocenters. The van der Waals surface area contributed by atoms with Gasteiger partial charge in [0.25, 0.3) is 10.2 Å². The fourth-order valence-corrected chi connectivity index (χ4v) is 3.34.